The number of aryl methyl sites for hydroxylation is 2. The Hall–Kier alpha value is -2.15. The number of hydrogen-bond acceptors (Lipinski definition) is 4. The number of ether oxygens (including phenoxy) is 1. The van der Waals surface area contributed by atoms with E-state index in [1.165, 1.54) is 6.07 Å². The van der Waals surface area contributed by atoms with E-state index in [1.54, 1.807) is 6.92 Å². The molecule has 0 saturated carbocycles. The zero-order valence-corrected chi connectivity index (χ0v) is 14.6. The summed E-state index contributed by atoms with van der Waals surface area (Å²) in [6.45, 7) is 4.18. The van der Waals surface area contributed by atoms with Crippen LogP contribution in [0.3, 0.4) is 0 Å². The van der Waals surface area contributed by atoms with Gasteiger partial charge in [-0.05, 0) is 47.5 Å². The summed E-state index contributed by atoms with van der Waals surface area (Å²) >= 11 is 3.42. The highest BCUT2D eigenvalue weighted by Gasteiger charge is 2.06. The molecular formula is C16H18BrN3O3. The fourth-order valence-corrected chi connectivity index (χ4v) is 2.58. The summed E-state index contributed by atoms with van der Waals surface area (Å²) < 4.78 is 6.43. The smallest absolute Gasteiger partial charge is 0.251 e. The summed E-state index contributed by atoms with van der Waals surface area (Å²) in [5, 5.41) is 2.70. The van der Waals surface area contributed by atoms with Gasteiger partial charge in [0, 0.05) is 11.8 Å². The first-order valence-corrected chi connectivity index (χ1v) is 7.96. The first-order valence-electron chi connectivity index (χ1n) is 7.16. The third-order valence-corrected chi connectivity index (χ3v) is 3.67. The Bertz CT molecular complexity index is 758. The van der Waals surface area contributed by atoms with Crippen LogP contribution in [-0.4, -0.2) is 22.5 Å². The van der Waals surface area contributed by atoms with Crippen molar-refractivity contribution in [3.63, 3.8) is 0 Å². The van der Waals surface area contributed by atoms with Crippen molar-refractivity contribution in [2.45, 2.75) is 26.8 Å². The molecule has 1 aromatic carbocycles. The van der Waals surface area contributed by atoms with Crippen molar-refractivity contribution < 1.29 is 9.53 Å². The van der Waals surface area contributed by atoms with Gasteiger partial charge in [-0.15, -0.1) is 0 Å². The Labute approximate surface area is 142 Å². The quantitative estimate of drug-likeness (QED) is 0.805. The van der Waals surface area contributed by atoms with E-state index in [0.717, 1.165) is 10.0 Å². The molecule has 23 heavy (non-hydrogen) atoms. The molecule has 2 rings (SSSR count). The first-order chi connectivity index (χ1) is 10.9. The molecule has 0 spiro atoms. The molecular weight excluding hydrogens is 362 g/mol. The predicted octanol–water partition coefficient (Wildman–Crippen LogP) is 2.23. The minimum atomic E-state index is -0.227. The topological polar surface area (TPSA) is 84.1 Å². The third kappa shape index (κ3) is 5.52. The molecule has 122 valence electrons. The predicted molar refractivity (Wildman–Crippen MR) is 90.4 cm³/mol. The Kier molecular flexibility index (Phi) is 5.92. The van der Waals surface area contributed by atoms with Gasteiger partial charge in [0.15, 0.2) is 0 Å². The number of rotatable bonds is 6. The summed E-state index contributed by atoms with van der Waals surface area (Å²) in [5.41, 5.74) is 1.52. The summed E-state index contributed by atoms with van der Waals surface area (Å²) in [5.74, 6) is 0.969. The first kappa shape index (κ1) is 17.2. The van der Waals surface area contributed by atoms with E-state index >= 15 is 0 Å². The van der Waals surface area contributed by atoms with Gasteiger partial charge in [0.2, 0.25) is 5.91 Å². The van der Waals surface area contributed by atoms with E-state index < -0.39 is 0 Å². The SMILES string of the molecule is Cc1ccc(OCCC(=O)NCc2nc(C)cc(=O)[nH]2)c(Br)c1. The van der Waals surface area contributed by atoms with Crippen LogP contribution in [0.4, 0.5) is 0 Å². The average molecular weight is 380 g/mol. The van der Waals surface area contributed by atoms with Crippen LogP contribution >= 0.6 is 15.9 Å². The maximum absolute atomic E-state index is 11.8. The second kappa shape index (κ2) is 7.92. The Balaban J connectivity index is 1.78. The molecule has 7 heteroatoms. The zero-order valence-electron chi connectivity index (χ0n) is 13.0. The maximum Gasteiger partial charge on any atom is 0.251 e. The Morgan fingerprint density at radius 3 is 2.83 bits per heavy atom. The summed E-state index contributed by atoms with van der Waals surface area (Å²) in [4.78, 5) is 29.8. The lowest BCUT2D eigenvalue weighted by Gasteiger charge is -2.09. The van der Waals surface area contributed by atoms with Gasteiger partial charge in [0.25, 0.3) is 5.56 Å². The number of aromatic amines is 1. The molecule has 0 aliphatic heterocycles. The van der Waals surface area contributed by atoms with Crippen molar-refractivity contribution >= 4 is 21.8 Å². The number of aromatic nitrogens is 2. The second-order valence-corrected chi connectivity index (χ2v) is 6.00. The molecule has 6 nitrogen and oxygen atoms in total. The van der Waals surface area contributed by atoms with E-state index in [0.29, 0.717) is 17.3 Å². The number of amides is 1. The molecule has 2 aromatic rings. The summed E-state index contributed by atoms with van der Waals surface area (Å²) in [7, 11) is 0. The minimum Gasteiger partial charge on any atom is -0.492 e. The van der Waals surface area contributed by atoms with Crippen LogP contribution in [-0.2, 0) is 11.3 Å². The Morgan fingerprint density at radius 1 is 1.35 bits per heavy atom. The molecule has 2 N–H and O–H groups in total. The molecule has 1 amide bonds. The van der Waals surface area contributed by atoms with Crippen molar-refractivity contribution in [3.8, 4) is 5.75 Å². The van der Waals surface area contributed by atoms with E-state index in [1.807, 2.05) is 25.1 Å². The van der Waals surface area contributed by atoms with Crippen LogP contribution in [0.15, 0.2) is 33.5 Å². The fourth-order valence-electron chi connectivity index (χ4n) is 1.97. The highest BCUT2D eigenvalue weighted by atomic mass is 79.9. The fraction of sp³-hybridized carbons (Fsp3) is 0.312. The normalized spacial score (nSPS) is 10.4. The molecule has 0 unspecified atom stereocenters. The van der Waals surface area contributed by atoms with Crippen LogP contribution in [0.1, 0.15) is 23.5 Å². The molecule has 0 fully saturated rings. The lowest BCUT2D eigenvalue weighted by atomic mass is 10.2. The lowest BCUT2D eigenvalue weighted by Crippen LogP contribution is -2.26. The van der Waals surface area contributed by atoms with Gasteiger partial charge in [-0.1, -0.05) is 6.07 Å². The largest absolute Gasteiger partial charge is 0.492 e. The summed E-state index contributed by atoms with van der Waals surface area (Å²) in [6.07, 6.45) is 0.219. The number of carbonyl (C=O) groups is 1. The lowest BCUT2D eigenvalue weighted by molar-refractivity contribution is -0.121. The van der Waals surface area contributed by atoms with E-state index in [-0.39, 0.29) is 31.0 Å². The average Bonchev–Trinajstić information content (AvgIpc) is 2.46. The standard InChI is InChI=1S/C16H18BrN3O3/c1-10-3-4-13(12(17)7-10)23-6-5-15(21)18-9-14-19-11(2)8-16(22)20-14/h3-4,7-8H,5-6,9H2,1-2H3,(H,18,21)(H,19,20,22). The van der Waals surface area contributed by atoms with E-state index in [4.69, 9.17) is 4.74 Å². The molecule has 0 saturated heterocycles. The van der Waals surface area contributed by atoms with E-state index in [2.05, 4.69) is 31.2 Å². The molecule has 0 radical (unpaired) electrons. The number of halogens is 1. The van der Waals surface area contributed by atoms with Gasteiger partial charge in [-0.2, -0.15) is 0 Å². The Morgan fingerprint density at radius 2 is 2.13 bits per heavy atom. The van der Waals surface area contributed by atoms with E-state index in [9.17, 15) is 9.59 Å². The number of nitrogens with zero attached hydrogens (tertiary/aromatic N) is 1. The van der Waals surface area contributed by atoms with Gasteiger partial charge in [0.1, 0.15) is 11.6 Å². The highest BCUT2D eigenvalue weighted by molar-refractivity contribution is 9.10. The molecule has 1 heterocycles. The van der Waals surface area contributed by atoms with Crippen LogP contribution in [0, 0.1) is 13.8 Å². The number of hydrogen-bond donors (Lipinski definition) is 2. The number of carbonyl (C=O) groups excluding carboxylic acids is 1. The number of H-pyrrole nitrogens is 1. The van der Waals surface area contributed by atoms with Gasteiger partial charge in [-0.3, -0.25) is 9.59 Å². The van der Waals surface area contributed by atoms with Crippen molar-refractivity contribution in [1.82, 2.24) is 15.3 Å². The van der Waals surface area contributed by atoms with Crippen LogP contribution < -0.4 is 15.6 Å². The van der Waals surface area contributed by atoms with Crippen LogP contribution in [0.5, 0.6) is 5.75 Å². The van der Waals surface area contributed by atoms with Crippen LogP contribution in [0.2, 0.25) is 0 Å². The van der Waals surface area contributed by atoms with Gasteiger partial charge < -0.3 is 15.0 Å². The monoisotopic (exact) mass is 379 g/mol. The molecule has 0 atom stereocenters. The van der Waals surface area contributed by atoms with Crippen molar-refractivity contribution in [1.29, 1.82) is 0 Å². The molecule has 1 aromatic heterocycles. The van der Waals surface area contributed by atoms with Crippen LogP contribution in [0.25, 0.3) is 0 Å². The molecule has 0 aliphatic rings. The zero-order chi connectivity index (χ0) is 16.8. The maximum atomic E-state index is 11.8. The second-order valence-electron chi connectivity index (χ2n) is 5.14. The van der Waals surface area contributed by atoms with Crippen molar-refractivity contribution in [2.75, 3.05) is 6.61 Å². The van der Waals surface area contributed by atoms with Gasteiger partial charge >= 0.3 is 0 Å². The highest BCUT2D eigenvalue weighted by Crippen LogP contribution is 2.25. The summed E-state index contributed by atoms with van der Waals surface area (Å²) in [6, 6.07) is 7.16. The minimum absolute atomic E-state index is 0.169. The number of nitrogens with one attached hydrogen (secondary N) is 2. The van der Waals surface area contributed by atoms with Gasteiger partial charge in [0.05, 0.1) is 24.0 Å². The van der Waals surface area contributed by atoms with Crippen molar-refractivity contribution in [2.24, 2.45) is 0 Å². The molecule has 0 bridgehead atoms. The number of benzene rings is 1. The van der Waals surface area contributed by atoms with Gasteiger partial charge in [-0.25, -0.2) is 4.98 Å². The van der Waals surface area contributed by atoms with Crippen molar-refractivity contribution in [3.05, 3.63) is 56.2 Å². The molecule has 0 aliphatic carbocycles. The third-order valence-electron chi connectivity index (χ3n) is 3.05.